The molecule has 0 saturated heterocycles. The minimum Gasteiger partial charge on any atom is -0.289 e. The minimum absolute atomic E-state index is 0.237. The van der Waals surface area contributed by atoms with Crippen molar-refractivity contribution in [3.05, 3.63) is 82.3 Å². The first kappa shape index (κ1) is 16.1. The van der Waals surface area contributed by atoms with E-state index >= 15 is 0 Å². The molecule has 0 aliphatic heterocycles. The van der Waals surface area contributed by atoms with E-state index < -0.39 is 11.6 Å². The molecule has 22 heavy (non-hydrogen) atoms. The Kier molecular flexibility index (Phi) is 5.22. The van der Waals surface area contributed by atoms with Crippen LogP contribution >= 0.6 is 11.8 Å². The van der Waals surface area contributed by atoms with Crippen molar-refractivity contribution in [2.75, 3.05) is 6.26 Å². The summed E-state index contributed by atoms with van der Waals surface area (Å²) < 4.78 is 25.7. The van der Waals surface area contributed by atoms with Gasteiger partial charge in [0, 0.05) is 17.2 Å². The molecule has 0 amide bonds. The molecule has 2 nitrogen and oxygen atoms in total. The van der Waals surface area contributed by atoms with Crippen molar-refractivity contribution in [3.63, 3.8) is 0 Å². The van der Waals surface area contributed by atoms with Crippen molar-refractivity contribution in [1.82, 2.24) is 0 Å². The van der Waals surface area contributed by atoms with E-state index in [4.69, 9.17) is 0 Å². The van der Waals surface area contributed by atoms with Gasteiger partial charge in [0.05, 0.1) is 4.91 Å². The largest absolute Gasteiger partial charge is 0.289 e. The lowest BCUT2D eigenvalue weighted by Crippen LogP contribution is -2.04. The van der Waals surface area contributed by atoms with Crippen LogP contribution in [0, 0.1) is 11.6 Å². The molecule has 2 aromatic rings. The van der Waals surface area contributed by atoms with Crippen LogP contribution in [0.3, 0.4) is 0 Å². The van der Waals surface area contributed by atoms with Gasteiger partial charge in [-0.25, -0.2) is 8.78 Å². The van der Waals surface area contributed by atoms with Gasteiger partial charge in [-0.15, -0.1) is 11.8 Å². The van der Waals surface area contributed by atoms with Crippen LogP contribution in [-0.4, -0.2) is 17.8 Å². The summed E-state index contributed by atoms with van der Waals surface area (Å²) in [5.41, 5.74) is 0.591. The third-order valence-electron chi connectivity index (χ3n) is 2.94. The Morgan fingerprint density at radius 2 is 1.32 bits per heavy atom. The molecule has 0 heterocycles. The summed E-state index contributed by atoms with van der Waals surface area (Å²) in [7, 11) is 0. The van der Waals surface area contributed by atoms with Gasteiger partial charge in [0.1, 0.15) is 11.6 Å². The highest BCUT2D eigenvalue weighted by Gasteiger charge is 2.14. The molecule has 2 aromatic carbocycles. The number of benzene rings is 2. The number of hydrogen-bond donors (Lipinski definition) is 0. The second kappa shape index (κ2) is 7.13. The summed E-state index contributed by atoms with van der Waals surface area (Å²) >= 11 is 1.13. The highest BCUT2D eigenvalue weighted by molar-refractivity contribution is 8.03. The Balaban J connectivity index is 2.26. The molecular weight excluding hydrogens is 306 g/mol. The van der Waals surface area contributed by atoms with Crippen molar-refractivity contribution < 1.29 is 18.4 Å². The molecule has 112 valence electrons. The molecule has 0 saturated carbocycles. The summed E-state index contributed by atoms with van der Waals surface area (Å²) in [6, 6.07) is 10.2. The average molecular weight is 318 g/mol. The zero-order chi connectivity index (χ0) is 16.1. The molecule has 0 bridgehead atoms. The molecule has 0 fully saturated rings. The third kappa shape index (κ3) is 3.89. The number of allylic oxidation sites excluding steroid dienone is 2. The van der Waals surface area contributed by atoms with Crippen molar-refractivity contribution in [1.29, 1.82) is 0 Å². The molecule has 0 aliphatic rings. The standard InChI is InChI=1S/C17H12F2O2S/c1-22-16(17(21)12-4-8-14(19)9-5-12)10-15(20)11-2-6-13(18)7-3-11/h2-10H,1H3/b16-10-. The highest BCUT2D eigenvalue weighted by Crippen LogP contribution is 2.20. The van der Waals surface area contributed by atoms with Gasteiger partial charge < -0.3 is 0 Å². The first-order valence-corrected chi connectivity index (χ1v) is 7.59. The Labute approximate surface area is 130 Å². The quantitative estimate of drug-likeness (QED) is 0.609. The maximum Gasteiger partial charge on any atom is 0.199 e. The van der Waals surface area contributed by atoms with Crippen LogP contribution in [0.2, 0.25) is 0 Å². The van der Waals surface area contributed by atoms with Crippen LogP contribution in [0.25, 0.3) is 0 Å². The van der Waals surface area contributed by atoms with Crippen LogP contribution in [0.5, 0.6) is 0 Å². The van der Waals surface area contributed by atoms with Crippen molar-refractivity contribution in [3.8, 4) is 0 Å². The number of carbonyl (C=O) groups excluding carboxylic acids is 2. The van der Waals surface area contributed by atoms with E-state index in [1.54, 1.807) is 6.26 Å². The lowest BCUT2D eigenvalue weighted by Gasteiger charge is -2.04. The number of thioether (sulfide) groups is 1. The normalized spacial score (nSPS) is 11.3. The average Bonchev–Trinajstić information content (AvgIpc) is 2.53. The monoisotopic (exact) mass is 318 g/mol. The van der Waals surface area contributed by atoms with Crippen LogP contribution in [0.1, 0.15) is 20.7 Å². The molecular formula is C17H12F2O2S. The lowest BCUT2D eigenvalue weighted by molar-refractivity contribution is 0.101. The third-order valence-corrected chi connectivity index (χ3v) is 3.68. The molecule has 0 atom stereocenters. The van der Waals surface area contributed by atoms with Gasteiger partial charge in [-0.1, -0.05) is 0 Å². The van der Waals surface area contributed by atoms with Crippen LogP contribution in [-0.2, 0) is 0 Å². The second-order valence-electron chi connectivity index (χ2n) is 4.42. The topological polar surface area (TPSA) is 34.1 Å². The molecule has 0 aliphatic carbocycles. The Morgan fingerprint density at radius 3 is 1.77 bits per heavy atom. The fraction of sp³-hybridized carbons (Fsp3) is 0.0588. The molecule has 0 aromatic heterocycles. The molecule has 2 rings (SSSR count). The Bertz CT molecular complexity index is 719. The summed E-state index contributed by atoms with van der Waals surface area (Å²) in [5.74, 6) is -1.62. The Morgan fingerprint density at radius 1 is 0.864 bits per heavy atom. The number of halogens is 2. The van der Waals surface area contributed by atoms with Gasteiger partial charge in [-0.3, -0.25) is 9.59 Å². The zero-order valence-electron chi connectivity index (χ0n) is 11.7. The first-order chi connectivity index (χ1) is 10.5. The van der Waals surface area contributed by atoms with E-state index in [-0.39, 0.29) is 16.5 Å². The summed E-state index contributed by atoms with van der Waals surface area (Å²) in [6.07, 6.45) is 2.88. The smallest absolute Gasteiger partial charge is 0.199 e. The number of rotatable bonds is 5. The van der Waals surface area contributed by atoms with E-state index in [2.05, 4.69) is 0 Å². The van der Waals surface area contributed by atoms with Gasteiger partial charge in [-0.05, 0) is 54.8 Å². The van der Waals surface area contributed by atoms with E-state index in [0.29, 0.717) is 11.1 Å². The van der Waals surface area contributed by atoms with Gasteiger partial charge in [0.2, 0.25) is 0 Å². The SMILES string of the molecule is CS/C(=C\C(=O)c1ccc(F)cc1)C(=O)c1ccc(F)cc1. The molecule has 0 spiro atoms. The van der Waals surface area contributed by atoms with Crippen LogP contribution in [0.4, 0.5) is 8.78 Å². The molecule has 5 heteroatoms. The minimum atomic E-state index is -0.437. The Hall–Kier alpha value is -2.27. The predicted octanol–water partition coefficient (Wildman–Crippen LogP) is 4.28. The van der Waals surface area contributed by atoms with Gasteiger partial charge in [0.15, 0.2) is 11.6 Å². The summed E-state index contributed by atoms with van der Waals surface area (Å²) in [6.45, 7) is 0. The maximum atomic E-state index is 12.9. The number of ketones is 2. The summed E-state index contributed by atoms with van der Waals surface area (Å²) in [4.78, 5) is 24.6. The number of carbonyl (C=O) groups is 2. The van der Waals surface area contributed by atoms with Crippen LogP contribution in [0.15, 0.2) is 59.5 Å². The number of hydrogen-bond acceptors (Lipinski definition) is 3. The second-order valence-corrected chi connectivity index (χ2v) is 5.27. The summed E-state index contributed by atoms with van der Waals surface area (Å²) in [5, 5.41) is 0. The molecule has 0 radical (unpaired) electrons. The van der Waals surface area contributed by atoms with Gasteiger partial charge in [0.25, 0.3) is 0 Å². The van der Waals surface area contributed by atoms with Gasteiger partial charge in [-0.2, -0.15) is 0 Å². The van der Waals surface area contributed by atoms with Crippen LogP contribution < -0.4 is 0 Å². The molecule has 0 N–H and O–H groups in total. The lowest BCUT2D eigenvalue weighted by atomic mass is 10.1. The zero-order valence-corrected chi connectivity index (χ0v) is 12.5. The fourth-order valence-corrected chi connectivity index (χ4v) is 2.31. The van der Waals surface area contributed by atoms with E-state index in [1.165, 1.54) is 54.6 Å². The van der Waals surface area contributed by atoms with Crippen molar-refractivity contribution >= 4 is 23.3 Å². The van der Waals surface area contributed by atoms with E-state index in [0.717, 1.165) is 11.8 Å². The predicted molar refractivity (Wildman–Crippen MR) is 83.1 cm³/mol. The van der Waals surface area contributed by atoms with Crippen molar-refractivity contribution in [2.24, 2.45) is 0 Å². The maximum absolute atomic E-state index is 12.9. The molecule has 0 unspecified atom stereocenters. The fourth-order valence-electron chi connectivity index (χ4n) is 1.78. The highest BCUT2D eigenvalue weighted by atomic mass is 32.2. The van der Waals surface area contributed by atoms with Crippen molar-refractivity contribution in [2.45, 2.75) is 0 Å². The first-order valence-electron chi connectivity index (χ1n) is 6.37. The van der Waals surface area contributed by atoms with E-state index in [9.17, 15) is 18.4 Å². The van der Waals surface area contributed by atoms with Gasteiger partial charge >= 0.3 is 0 Å². The van der Waals surface area contributed by atoms with E-state index in [1.807, 2.05) is 0 Å². The number of Topliss-reactive ketones (excluding diaryl/α,β-unsaturated/α-hetero) is 1.